The van der Waals surface area contributed by atoms with Crippen molar-refractivity contribution in [2.45, 2.75) is 20.3 Å². The minimum atomic E-state index is 0.839. The van der Waals surface area contributed by atoms with Gasteiger partial charge in [-0.3, -0.25) is 0 Å². The summed E-state index contributed by atoms with van der Waals surface area (Å²) < 4.78 is 0. The Balaban J connectivity index is 2.88. The van der Waals surface area contributed by atoms with Gasteiger partial charge in [0.1, 0.15) is 0 Å². The number of anilines is 2. The Morgan fingerprint density at radius 3 is 2.62 bits per heavy atom. The molecule has 0 aromatic heterocycles. The average Bonchev–Trinajstić information content (AvgIpc) is 2.04. The fourth-order valence-corrected chi connectivity index (χ4v) is 1.56. The van der Waals surface area contributed by atoms with Crippen LogP contribution in [0.1, 0.15) is 18.9 Å². The fourth-order valence-electron chi connectivity index (χ4n) is 1.56. The van der Waals surface area contributed by atoms with E-state index in [1.54, 1.807) is 0 Å². The molecular formula is C11H18N2. The van der Waals surface area contributed by atoms with Gasteiger partial charge in [-0.05, 0) is 37.1 Å². The molecule has 0 aliphatic rings. The molecule has 0 aliphatic carbocycles. The second-order valence-electron chi connectivity index (χ2n) is 3.47. The summed E-state index contributed by atoms with van der Waals surface area (Å²) >= 11 is 0. The Hall–Kier alpha value is -1.18. The second kappa shape index (κ2) is 4.17. The number of rotatable bonds is 3. The molecule has 2 heteroatoms. The zero-order valence-electron chi connectivity index (χ0n) is 8.67. The van der Waals surface area contributed by atoms with Crippen LogP contribution in [0.25, 0.3) is 0 Å². The highest BCUT2D eigenvalue weighted by atomic mass is 15.1. The van der Waals surface area contributed by atoms with Crippen molar-refractivity contribution < 1.29 is 0 Å². The van der Waals surface area contributed by atoms with E-state index in [1.807, 2.05) is 12.1 Å². The van der Waals surface area contributed by atoms with Gasteiger partial charge < -0.3 is 10.6 Å². The quantitative estimate of drug-likeness (QED) is 0.720. The fraction of sp³-hybridized carbons (Fsp3) is 0.455. The molecule has 0 radical (unpaired) electrons. The smallest absolute Gasteiger partial charge is 0.0394 e. The highest BCUT2D eigenvalue weighted by Gasteiger charge is 2.02. The van der Waals surface area contributed by atoms with Crippen molar-refractivity contribution in [1.82, 2.24) is 0 Å². The average molecular weight is 178 g/mol. The molecule has 0 aliphatic heterocycles. The third-order valence-corrected chi connectivity index (χ3v) is 2.19. The first kappa shape index (κ1) is 9.90. The van der Waals surface area contributed by atoms with Crippen LogP contribution in [0.4, 0.5) is 11.4 Å². The van der Waals surface area contributed by atoms with Crippen LogP contribution in [-0.4, -0.2) is 13.6 Å². The van der Waals surface area contributed by atoms with E-state index < -0.39 is 0 Å². The van der Waals surface area contributed by atoms with Crippen LogP contribution in [0.3, 0.4) is 0 Å². The molecule has 0 saturated heterocycles. The maximum atomic E-state index is 5.68. The van der Waals surface area contributed by atoms with Crippen LogP contribution < -0.4 is 10.6 Å². The highest BCUT2D eigenvalue weighted by molar-refractivity contribution is 5.58. The topological polar surface area (TPSA) is 29.3 Å². The molecule has 2 N–H and O–H groups in total. The van der Waals surface area contributed by atoms with Gasteiger partial charge in [-0.1, -0.05) is 6.92 Å². The Bertz CT molecular complexity index is 281. The van der Waals surface area contributed by atoms with Crippen molar-refractivity contribution in [3.05, 3.63) is 23.8 Å². The molecule has 0 bridgehead atoms. The maximum Gasteiger partial charge on any atom is 0.0394 e. The number of aryl methyl sites for hydroxylation is 1. The van der Waals surface area contributed by atoms with E-state index in [-0.39, 0.29) is 0 Å². The lowest BCUT2D eigenvalue weighted by molar-refractivity contribution is 0.849. The lowest BCUT2D eigenvalue weighted by atomic mass is 10.1. The van der Waals surface area contributed by atoms with Crippen molar-refractivity contribution >= 4 is 11.4 Å². The molecule has 0 fully saturated rings. The van der Waals surface area contributed by atoms with Crippen LogP contribution in [0, 0.1) is 6.92 Å². The zero-order valence-corrected chi connectivity index (χ0v) is 8.67. The number of benzene rings is 1. The first-order chi connectivity index (χ1) is 6.15. The standard InChI is InChI=1S/C11H18N2/c1-4-7-13(3)11-6-5-10(12)8-9(11)2/h5-6,8H,4,7,12H2,1-3H3. The number of nitrogen functional groups attached to an aromatic ring is 1. The van der Waals surface area contributed by atoms with Crippen LogP contribution in [-0.2, 0) is 0 Å². The summed E-state index contributed by atoms with van der Waals surface area (Å²) in [6.45, 7) is 5.37. The maximum absolute atomic E-state index is 5.68. The van der Waals surface area contributed by atoms with Gasteiger partial charge in [0.25, 0.3) is 0 Å². The summed E-state index contributed by atoms with van der Waals surface area (Å²) in [5, 5.41) is 0. The van der Waals surface area contributed by atoms with E-state index in [0.717, 1.165) is 12.2 Å². The molecule has 0 atom stereocenters. The van der Waals surface area contributed by atoms with E-state index >= 15 is 0 Å². The summed E-state index contributed by atoms with van der Waals surface area (Å²) in [5.41, 5.74) is 9.04. The summed E-state index contributed by atoms with van der Waals surface area (Å²) in [5.74, 6) is 0. The molecule has 1 rings (SSSR count). The number of hydrogen-bond acceptors (Lipinski definition) is 2. The van der Waals surface area contributed by atoms with Crippen LogP contribution in [0.15, 0.2) is 18.2 Å². The van der Waals surface area contributed by atoms with Gasteiger partial charge in [-0.2, -0.15) is 0 Å². The van der Waals surface area contributed by atoms with E-state index in [9.17, 15) is 0 Å². The molecule has 72 valence electrons. The molecule has 0 heterocycles. The van der Waals surface area contributed by atoms with Gasteiger partial charge in [0.2, 0.25) is 0 Å². The lowest BCUT2D eigenvalue weighted by Gasteiger charge is -2.20. The number of hydrogen-bond donors (Lipinski definition) is 1. The molecule has 13 heavy (non-hydrogen) atoms. The molecule has 1 aromatic carbocycles. The monoisotopic (exact) mass is 178 g/mol. The predicted octanol–water partition coefficient (Wildman–Crippen LogP) is 2.42. The predicted molar refractivity (Wildman–Crippen MR) is 59.2 cm³/mol. The van der Waals surface area contributed by atoms with Gasteiger partial charge in [0.15, 0.2) is 0 Å². The van der Waals surface area contributed by atoms with Gasteiger partial charge >= 0.3 is 0 Å². The van der Waals surface area contributed by atoms with E-state index in [4.69, 9.17) is 5.73 Å². The summed E-state index contributed by atoms with van der Waals surface area (Å²) in [7, 11) is 2.11. The minimum absolute atomic E-state index is 0.839. The van der Waals surface area contributed by atoms with E-state index in [1.165, 1.54) is 17.7 Å². The van der Waals surface area contributed by atoms with Crippen molar-refractivity contribution in [3.8, 4) is 0 Å². The molecule has 0 amide bonds. The zero-order chi connectivity index (χ0) is 9.84. The van der Waals surface area contributed by atoms with Crippen molar-refractivity contribution in [3.63, 3.8) is 0 Å². The summed E-state index contributed by atoms with van der Waals surface area (Å²) in [4.78, 5) is 2.26. The van der Waals surface area contributed by atoms with Crippen LogP contribution >= 0.6 is 0 Å². The first-order valence-electron chi connectivity index (χ1n) is 4.72. The Kier molecular flexibility index (Phi) is 3.18. The molecular weight excluding hydrogens is 160 g/mol. The Labute approximate surface area is 80.4 Å². The van der Waals surface area contributed by atoms with Crippen molar-refractivity contribution in [1.29, 1.82) is 0 Å². The summed E-state index contributed by atoms with van der Waals surface area (Å²) in [6, 6.07) is 6.05. The third-order valence-electron chi connectivity index (χ3n) is 2.19. The van der Waals surface area contributed by atoms with Gasteiger partial charge in [-0.25, -0.2) is 0 Å². The first-order valence-corrected chi connectivity index (χ1v) is 4.72. The number of nitrogens with two attached hydrogens (primary N) is 1. The normalized spacial score (nSPS) is 10.1. The van der Waals surface area contributed by atoms with Gasteiger partial charge in [0, 0.05) is 25.0 Å². The van der Waals surface area contributed by atoms with Gasteiger partial charge in [0.05, 0.1) is 0 Å². The molecule has 2 nitrogen and oxygen atoms in total. The largest absolute Gasteiger partial charge is 0.399 e. The Morgan fingerprint density at radius 2 is 2.08 bits per heavy atom. The highest BCUT2D eigenvalue weighted by Crippen LogP contribution is 2.20. The van der Waals surface area contributed by atoms with Crippen LogP contribution in [0.2, 0.25) is 0 Å². The van der Waals surface area contributed by atoms with Crippen molar-refractivity contribution in [2.75, 3.05) is 24.2 Å². The van der Waals surface area contributed by atoms with Crippen LogP contribution in [0.5, 0.6) is 0 Å². The van der Waals surface area contributed by atoms with Gasteiger partial charge in [-0.15, -0.1) is 0 Å². The SMILES string of the molecule is CCCN(C)c1ccc(N)cc1C. The Morgan fingerprint density at radius 1 is 1.38 bits per heavy atom. The molecule has 1 aromatic rings. The van der Waals surface area contributed by atoms with E-state index in [2.05, 4.69) is 31.9 Å². The summed E-state index contributed by atoms with van der Waals surface area (Å²) in [6.07, 6.45) is 1.17. The van der Waals surface area contributed by atoms with E-state index in [0.29, 0.717) is 0 Å². The third kappa shape index (κ3) is 2.38. The molecule has 0 unspecified atom stereocenters. The number of nitrogens with zero attached hydrogens (tertiary/aromatic N) is 1. The second-order valence-corrected chi connectivity index (χ2v) is 3.47. The molecule has 0 saturated carbocycles. The van der Waals surface area contributed by atoms with Crippen molar-refractivity contribution in [2.24, 2.45) is 0 Å². The minimum Gasteiger partial charge on any atom is -0.399 e. The lowest BCUT2D eigenvalue weighted by Crippen LogP contribution is -2.18. The molecule has 0 spiro atoms.